The van der Waals surface area contributed by atoms with Crippen LogP contribution in [-0.4, -0.2) is 17.1 Å². The van der Waals surface area contributed by atoms with Gasteiger partial charge in [-0.2, -0.15) is 0 Å². The average molecular weight is 327 g/mol. The second kappa shape index (κ2) is 6.98. The predicted octanol–water partition coefficient (Wildman–Crippen LogP) is 4.63. The highest BCUT2D eigenvalue weighted by Gasteiger charge is 2.02. The first kappa shape index (κ1) is 15.1. The van der Waals surface area contributed by atoms with Crippen molar-refractivity contribution in [3.63, 3.8) is 0 Å². The number of hydrogen-bond donors (Lipinski definition) is 2. The Hall–Kier alpha value is -2.79. The van der Waals surface area contributed by atoms with Gasteiger partial charge in [0.2, 0.25) is 0 Å². The molecule has 2 aromatic carbocycles. The van der Waals surface area contributed by atoms with Crippen LogP contribution in [0.2, 0.25) is 5.02 Å². The van der Waals surface area contributed by atoms with Crippen LogP contribution in [0.5, 0.6) is 5.75 Å². The molecule has 0 atom stereocenters. The summed E-state index contributed by atoms with van der Waals surface area (Å²) in [6.07, 6.45) is 1.50. The number of nitrogens with one attached hydrogen (secondary N) is 2. The molecule has 1 aromatic heterocycles. The fourth-order valence-electron chi connectivity index (χ4n) is 2.02. The van der Waals surface area contributed by atoms with Gasteiger partial charge in [0.25, 0.3) is 0 Å². The molecule has 3 aromatic rings. The lowest BCUT2D eigenvalue weighted by Crippen LogP contribution is -1.98. The molecular weight excluding hydrogens is 312 g/mol. The van der Waals surface area contributed by atoms with Crippen LogP contribution in [0.15, 0.2) is 60.9 Å². The summed E-state index contributed by atoms with van der Waals surface area (Å²) >= 11 is 5.88. The van der Waals surface area contributed by atoms with Gasteiger partial charge in [-0.25, -0.2) is 9.97 Å². The van der Waals surface area contributed by atoms with Gasteiger partial charge in [0.05, 0.1) is 7.11 Å². The number of hydrogen-bond acceptors (Lipinski definition) is 5. The molecule has 0 saturated carbocycles. The van der Waals surface area contributed by atoms with Crippen molar-refractivity contribution in [2.24, 2.45) is 0 Å². The van der Waals surface area contributed by atoms with Gasteiger partial charge in [0.15, 0.2) is 0 Å². The van der Waals surface area contributed by atoms with Crippen LogP contribution in [0, 0.1) is 0 Å². The Labute approximate surface area is 139 Å². The fourth-order valence-corrected chi connectivity index (χ4v) is 2.15. The highest BCUT2D eigenvalue weighted by atomic mass is 35.5. The lowest BCUT2D eigenvalue weighted by atomic mass is 10.3. The van der Waals surface area contributed by atoms with Crippen molar-refractivity contribution in [3.8, 4) is 5.75 Å². The Morgan fingerprint density at radius 1 is 0.870 bits per heavy atom. The van der Waals surface area contributed by atoms with E-state index in [0.717, 1.165) is 17.1 Å². The number of methoxy groups -OCH3 is 1. The van der Waals surface area contributed by atoms with Crippen molar-refractivity contribution in [2.45, 2.75) is 0 Å². The highest BCUT2D eigenvalue weighted by molar-refractivity contribution is 6.30. The molecule has 0 aliphatic heterocycles. The Bertz CT molecular complexity index is 793. The van der Waals surface area contributed by atoms with Gasteiger partial charge in [-0.3, -0.25) is 0 Å². The molecule has 23 heavy (non-hydrogen) atoms. The Morgan fingerprint density at radius 2 is 1.57 bits per heavy atom. The van der Waals surface area contributed by atoms with Crippen LogP contribution < -0.4 is 15.4 Å². The lowest BCUT2D eigenvalue weighted by Gasteiger charge is -2.09. The van der Waals surface area contributed by atoms with Gasteiger partial charge in [-0.15, -0.1) is 0 Å². The minimum atomic E-state index is 0.685. The highest BCUT2D eigenvalue weighted by Crippen LogP contribution is 2.22. The summed E-state index contributed by atoms with van der Waals surface area (Å²) in [5, 5.41) is 7.12. The van der Waals surface area contributed by atoms with Gasteiger partial charge in [0.1, 0.15) is 23.7 Å². The third kappa shape index (κ3) is 4.11. The third-order valence-corrected chi connectivity index (χ3v) is 3.38. The van der Waals surface area contributed by atoms with Crippen LogP contribution in [-0.2, 0) is 0 Å². The van der Waals surface area contributed by atoms with Crippen molar-refractivity contribution in [2.75, 3.05) is 17.7 Å². The zero-order chi connectivity index (χ0) is 16.1. The van der Waals surface area contributed by atoms with Crippen LogP contribution in [0.4, 0.5) is 23.0 Å². The molecular formula is C17H15ClN4O. The molecule has 0 unspecified atom stereocenters. The Morgan fingerprint density at radius 3 is 2.26 bits per heavy atom. The van der Waals surface area contributed by atoms with Crippen molar-refractivity contribution in [3.05, 3.63) is 65.9 Å². The second-order valence-corrected chi connectivity index (χ2v) is 5.21. The topological polar surface area (TPSA) is 59.1 Å². The van der Waals surface area contributed by atoms with Crippen molar-refractivity contribution >= 4 is 34.6 Å². The third-order valence-electron chi connectivity index (χ3n) is 3.13. The standard InChI is InChI=1S/C17H15ClN4O/c1-23-15-4-2-3-14(9-15)22-17-10-16(19-11-20-17)21-13-7-5-12(18)6-8-13/h2-11H,1H3,(H2,19,20,21,22). The minimum absolute atomic E-state index is 0.685. The summed E-state index contributed by atoms with van der Waals surface area (Å²) in [5.74, 6) is 2.15. The Balaban J connectivity index is 1.75. The molecule has 0 amide bonds. The van der Waals surface area contributed by atoms with E-state index in [-0.39, 0.29) is 0 Å². The number of rotatable bonds is 5. The maximum Gasteiger partial charge on any atom is 0.135 e. The first-order valence-electron chi connectivity index (χ1n) is 6.99. The molecule has 5 nitrogen and oxygen atoms in total. The van der Waals surface area contributed by atoms with Gasteiger partial charge >= 0.3 is 0 Å². The van der Waals surface area contributed by atoms with Gasteiger partial charge in [0, 0.05) is 28.5 Å². The largest absolute Gasteiger partial charge is 0.497 e. The SMILES string of the molecule is COc1cccc(Nc2cc(Nc3ccc(Cl)cc3)ncn2)c1. The van der Waals surface area contributed by atoms with E-state index in [1.54, 1.807) is 7.11 Å². The van der Waals surface area contributed by atoms with Crippen LogP contribution in [0.1, 0.15) is 0 Å². The quantitative estimate of drug-likeness (QED) is 0.716. The van der Waals surface area contributed by atoms with E-state index in [1.165, 1.54) is 6.33 Å². The molecule has 116 valence electrons. The molecule has 0 saturated heterocycles. The van der Waals surface area contributed by atoms with Crippen LogP contribution in [0.25, 0.3) is 0 Å². The molecule has 0 bridgehead atoms. The summed E-state index contributed by atoms with van der Waals surface area (Å²) in [6.45, 7) is 0. The zero-order valence-electron chi connectivity index (χ0n) is 12.5. The first-order chi connectivity index (χ1) is 11.2. The molecule has 0 aliphatic rings. The smallest absolute Gasteiger partial charge is 0.135 e. The molecule has 1 heterocycles. The molecule has 0 fully saturated rings. The second-order valence-electron chi connectivity index (χ2n) is 4.78. The van der Waals surface area contributed by atoms with Crippen LogP contribution >= 0.6 is 11.6 Å². The lowest BCUT2D eigenvalue weighted by molar-refractivity contribution is 0.415. The van der Waals surface area contributed by atoms with Crippen LogP contribution in [0.3, 0.4) is 0 Å². The number of ether oxygens (including phenoxy) is 1. The number of benzene rings is 2. The van der Waals surface area contributed by atoms with Crippen molar-refractivity contribution in [1.82, 2.24) is 9.97 Å². The fraction of sp³-hybridized carbons (Fsp3) is 0.0588. The summed E-state index contributed by atoms with van der Waals surface area (Å²) < 4.78 is 5.21. The summed E-state index contributed by atoms with van der Waals surface area (Å²) in [6, 6.07) is 16.9. The van der Waals surface area contributed by atoms with Crippen molar-refractivity contribution < 1.29 is 4.74 Å². The maximum absolute atomic E-state index is 5.88. The zero-order valence-corrected chi connectivity index (χ0v) is 13.2. The molecule has 2 N–H and O–H groups in total. The predicted molar refractivity (Wildman–Crippen MR) is 93.0 cm³/mol. The minimum Gasteiger partial charge on any atom is -0.497 e. The summed E-state index contributed by atoms with van der Waals surface area (Å²) in [4.78, 5) is 8.43. The molecule has 0 spiro atoms. The molecule has 0 aliphatic carbocycles. The molecule has 0 radical (unpaired) electrons. The number of nitrogens with zero attached hydrogens (tertiary/aromatic N) is 2. The van der Waals surface area contributed by atoms with E-state index in [4.69, 9.17) is 16.3 Å². The summed E-state index contributed by atoms with van der Waals surface area (Å²) in [5.41, 5.74) is 1.79. The van der Waals surface area contributed by atoms with E-state index < -0.39 is 0 Å². The van der Waals surface area contributed by atoms with Gasteiger partial charge in [-0.05, 0) is 36.4 Å². The maximum atomic E-state index is 5.88. The normalized spacial score (nSPS) is 10.2. The van der Waals surface area contributed by atoms with E-state index in [2.05, 4.69) is 20.6 Å². The first-order valence-corrected chi connectivity index (χ1v) is 7.36. The van der Waals surface area contributed by atoms with Gasteiger partial charge < -0.3 is 15.4 Å². The summed E-state index contributed by atoms with van der Waals surface area (Å²) in [7, 11) is 1.64. The number of aromatic nitrogens is 2. The monoisotopic (exact) mass is 326 g/mol. The van der Waals surface area contributed by atoms with Gasteiger partial charge in [-0.1, -0.05) is 17.7 Å². The number of halogens is 1. The molecule has 6 heteroatoms. The van der Waals surface area contributed by atoms with E-state index in [0.29, 0.717) is 16.7 Å². The van der Waals surface area contributed by atoms with E-state index in [9.17, 15) is 0 Å². The average Bonchev–Trinajstić information content (AvgIpc) is 2.57. The molecule has 3 rings (SSSR count). The number of anilines is 4. The van der Waals surface area contributed by atoms with Crippen molar-refractivity contribution in [1.29, 1.82) is 0 Å². The van der Waals surface area contributed by atoms with E-state index >= 15 is 0 Å². The van der Waals surface area contributed by atoms with E-state index in [1.807, 2.05) is 54.6 Å². The Kier molecular flexibility index (Phi) is 4.59.